The lowest BCUT2D eigenvalue weighted by molar-refractivity contribution is -0.0179. The number of halogens is 2. The molecular formula is C25H24ClFN6O2. The first-order valence-electron chi connectivity index (χ1n) is 11.2. The highest BCUT2D eigenvalue weighted by atomic mass is 35.5. The molecule has 1 aliphatic heterocycles. The maximum atomic E-state index is 15.0. The summed E-state index contributed by atoms with van der Waals surface area (Å²) >= 11 is 5.98. The van der Waals surface area contributed by atoms with Crippen molar-refractivity contribution in [1.29, 1.82) is 0 Å². The maximum Gasteiger partial charge on any atom is 0.279 e. The molecule has 1 aliphatic rings. The molecule has 0 spiro atoms. The zero-order valence-corrected chi connectivity index (χ0v) is 20.5. The number of anilines is 1. The number of ether oxygens (including phenoxy) is 1. The molecule has 10 heteroatoms. The van der Waals surface area contributed by atoms with Crippen LogP contribution in [-0.4, -0.2) is 43.7 Å². The van der Waals surface area contributed by atoms with E-state index < -0.39 is 5.82 Å². The van der Waals surface area contributed by atoms with Crippen LogP contribution in [-0.2, 0) is 11.8 Å². The summed E-state index contributed by atoms with van der Waals surface area (Å²) in [6, 6.07) is 8.25. The lowest BCUT2D eigenvalue weighted by atomic mass is 10.1. The quantitative estimate of drug-likeness (QED) is 0.422. The van der Waals surface area contributed by atoms with E-state index in [2.05, 4.69) is 15.0 Å². The highest BCUT2D eigenvalue weighted by Crippen LogP contribution is 2.32. The number of rotatable bonds is 3. The van der Waals surface area contributed by atoms with E-state index in [1.165, 1.54) is 10.6 Å². The van der Waals surface area contributed by atoms with Crippen LogP contribution in [0.3, 0.4) is 0 Å². The van der Waals surface area contributed by atoms with Crippen molar-refractivity contribution in [3.05, 3.63) is 74.8 Å². The van der Waals surface area contributed by atoms with Crippen molar-refractivity contribution in [3.63, 3.8) is 0 Å². The third-order valence-corrected chi connectivity index (χ3v) is 6.40. The molecule has 5 rings (SSSR count). The Morgan fingerprint density at radius 2 is 1.89 bits per heavy atom. The predicted molar refractivity (Wildman–Crippen MR) is 132 cm³/mol. The molecule has 1 fully saturated rings. The first-order chi connectivity index (χ1) is 16.7. The summed E-state index contributed by atoms with van der Waals surface area (Å²) in [6.07, 6.45) is 1.38. The van der Waals surface area contributed by atoms with E-state index in [4.69, 9.17) is 21.3 Å². The smallest absolute Gasteiger partial charge is 0.279 e. The van der Waals surface area contributed by atoms with Gasteiger partial charge in [-0.05, 0) is 56.7 Å². The second-order valence-corrected chi connectivity index (χ2v) is 9.22. The minimum Gasteiger partial charge on any atom is -0.367 e. The van der Waals surface area contributed by atoms with E-state index in [9.17, 15) is 4.79 Å². The van der Waals surface area contributed by atoms with Gasteiger partial charge in [0.25, 0.3) is 5.56 Å². The highest BCUT2D eigenvalue weighted by Gasteiger charge is 2.30. The third-order valence-electron chi connectivity index (χ3n) is 6.16. The molecule has 0 radical (unpaired) electrons. The van der Waals surface area contributed by atoms with Gasteiger partial charge < -0.3 is 9.64 Å². The fraction of sp³-hybridized carbons (Fsp3) is 0.320. The largest absolute Gasteiger partial charge is 0.367 e. The van der Waals surface area contributed by atoms with E-state index in [-0.39, 0.29) is 45.1 Å². The number of hydrogen-bond acceptors (Lipinski definition) is 7. The van der Waals surface area contributed by atoms with Crippen molar-refractivity contribution < 1.29 is 9.13 Å². The van der Waals surface area contributed by atoms with Crippen molar-refractivity contribution >= 4 is 28.6 Å². The number of benzene rings is 1. The molecule has 4 heterocycles. The average Bonchev–Trinajstić information content (AvgIpc) is 2.82. The predicted octanol–water partition coefficient (Wildman–Crippen LogP) is 4.16. The number of nitrogens with zero attached hydrogens (tertiary/aromatic N) is 6. The third kappa shape index (κ3) is 4.37. The first-order valence-corrected chi connectivity index (χ1v) is 11.6. The molecule has 0 amide bonds. The Hall–Kier alpha value is -3.43. The lowest BCUT2D eigenvalue weighted by Crippen LogP contribution is -2.44. The Balaban J connectivity index is 1.68. The van der Waals surface area contributed by atoms with Gasteiger partial charge in [-0.15, -0.1) is 0 Å². The molecule has 0 N–H and O–H groups in total. The van der Waals surface area contributed by atoms with Crippen molar-refractivity contribution in [2.24, 2.45) is 7.05 Å². The number of pyridine rings is 1. The Bertz CT molecular complexity index is 1510. The van der Waals surface area contributed by atoms with Crippen LogP contribution >= 0.6 is 11.6 Å². The Morgan fingerprint density at radius 1 is 1.09 bits per heavy atom. The summed E-state index contributed by atoms with van der Waals surface area (Å²) in [4.78, 5) is 33.3. The van der Waals surface area contributed by atoms with Crippen LogP contribution < -0.4 is 10.5 Å². The van der Waals surface area contributed by atoms with Gasteiger partial charge in [0.2, 0.25) is 5.95 Å². The molecule has 8 nitrogen and oxygen atoms in total. The van der Waals surface area contributed by atoms with Crippen LogP contribution in [0.2, 0.25) is 5.02 Å². The van der Waals surface area contributed by atoms with Gasteiger partial charge in [0.15, 0.2) is 5.52 Å². The van der Waals surface area contributed by atoms with Gasteiger partial charge in [0.05, 0.1) is 12.6 Å². The van der Waals surface area contributed by atoms with Gasteiger partial charge in [-0.1, -0.05) is 11.6 Å². The van der Waals surface area contributed by atoms with E-state index >= 15 is 4.39 Å². The fourth-order valence-corrected chi connectivity index (χ4v) is 4.48. The second kappa shape index (κ2) is 8.98. The van der Waals surface area contributed by atoms with Crippen molar-refractivity contribution in [1.82, 2.24) is 24.5 Å². The van der Waals surface area contributed by atoms with Crippen molar-refractivity contribution in [2.45, 2.75) is 33.0 Å². The summed E-state index contributed by atoms with van der Waals surface area (Å²) in [6.45, 7) is 6.58. The Kier molecular flexibility index (Phi) is 5.98. The fourth-order valence-electron chi connectivity index (χ4n) is 4.32. The number of fused-ring (bicyclic) bond motifs is 1. The van der Waals surface area contributed by atoms with Crippen molar-refractivity contribution in [3.8, 4) is 11.3 Å². The second-order valence-electron chi connectivity index (χ2n) is 8.79. The van der Waals surface area contributed by atoms with Gasteiger partial charge in [-0.3, -0.25) is 14.3 Å². The van der Waals surface area contributed by atoms with Crippen LogP contribution in [0, 0.1) is 19.7 Å². The van der Waals surface area contributed by atoms with Gasteiger partial charge in [-0.2, -0.15) is 0 Å². The van der Waals surface area contributed by atoms with Crippen LogP contribution in [0.15, 0.2) is 41.3 Å². The minimum atomic E-state index is -0.552. The maximum absolute atomic E-state index is 15.0. The summed E-state index contributed by atoms with van der Waals surface area (Å²) < 4.78 is 22.6. The van der Waals surface area contributed by atoms with Crippen LogP contribution in [0.25, 0.3) is 22.3 Å². The Morgan fingerprint density at radius 3 is 2.63 bits per heavy atom. The molecular weight excluding hydrogens is 471 g/mol. The zero-order valence-electron chi connectivity index (χ0n) is 19.8. The minimum absolute atomic E-state index is 0.128. The SMILES string of the molecule is Cc1cc([C@@H]2CN(c3nc(-c4ccc(Cl)cc4F)c4nc(C)n(C)c(=O)c4n3)C[C@H](C)O2)ccn1. The lowest BCUT2D eigenvalue weighted by Gasteiger charge is -2.37. The summed E-state index contributed by atoms with van der Waals surface area (Å²) in [5.74, 6) is 0.238. The normalized spacial score (nSPS) is 18.3. The number of aromatic nitrogens is 5. The van der Waals surface area contributed by atoms with E-state index in [1.807, 2.05) is 30.9 Å². The molecule has 180 valence electrons. The zero-order chi connectivity index (χ0) is 24.9. The Labute approximate surface area is 206 Å². The summed E-state index contributed by atoms with van der Waals surface area (Å²) in [5, 5.41) is 0.266. The van der Waals surface area contributed by atoms with Gasteiger partial charge in [-0.25, -0.2) is 19.3 Å². The monoisotopic (exact) mass is 494 g/mol. The first kappa shape index (κ1) is 23.3. The van der Waals surface area contributed by atoms with Gasteiger partial charge in [0.1, 0.15) is 29.0 Å². The molecule has 1 saturated heterocycles. The molecule has 3 aromatic heterocycles. The van der Waals surface area contributed by atoms with Gasteiger partial charge >= 0.3 is 0 Å². The van der Waals surface area contributed by atoms with Crippen molar-refractivity contribution in [2.75, 3.05) is 18.0 Å². The average molecular weight is 495 g/mol. The van der Waals surface area contributed by atoms with E-state index in [1.54, 1.807) is 32.3 Å². The topological polar surface area (TPSA) is 86.0 Å². The van der Waals surface area contributed by atoms with Gasteiger partial charge in [0, 0.05) is 36.1 Å². The molecule has 4 aromatic rings. The highest BCUT2D eigenvalue weighted by molar-refractivity contribution is 6.30. The number of hydrogen-bond donors (Lipinski definition) is 0. The standard InChI is InChI=1S/C25H24ClFN6O2/c1-13-9-16(7-8-28-13)20-12-33(11-14(2)35-20)25-30-21(18-6-5-17(26)10-19(18)27)22-23(31-25)24(34)32(4)15(3)29-22/h5-10,14,20H,11-12H2,1-4H3/t14-,20-/m0/s1. The molecule has 35 heavy (non-hydrogen) atoms. The molecule has 0 unspecified atom stereocenters. The number of morpholine rings is 1. The molecule has 0 bridgehead atoms. The van der Waals surface area contributed by atoms with Crippen LogP contribution in [0.4, 0.5) is 10.3 Å². The summed E-state index contributed by atoms with van der Waals surface area (Å²) in [5.41, 5.74) is 2.38. The van der Waals surface area contributed by atoms with Crippen LogP contribution in [0.5, 0.6) is 0 Å². The van der Waals surface area contributed by atoms with E-state index in [0.717, 1.165) is 11.3 Å². The molecule has 2 atom stereocenters. The number of aryl methyl sites for hydroxylation is 2. The molecule has 0 saturated carbocycles. The molecule has 1 aromatic carbocycles. The summed E-state index contributed by atoms with van der Waals surface area (Å²) in [7, 11) is 1.63. The molecule has 0 aliphatic carbocycles. The van der Waals surface area contributed by atoms with E-state index in [0.29, 0.717) is 24.9 Å². The van der Waals surface area contributed by atoms with Crippen LogP contribution in [0.1, 0.15) is 30.1 Å².